The Morgan fingerprint density at radius 2 is 2.16 bits per heavy atom. The molecule has 1 atom stereocenters. The highest BCUT2D eigenvalue weighted by Crippen LogP contribution is 2.26. The number of rotatable bonds is 8. The topological polar surface area (TPSA) is 44.5 Å². The minimum absolute atomic E-state index is 0.0731. The summed E-state index contributed by atoms with van der Waals surface area (Å²) in [4.78, 5) is 0. The average Bonchev–Trinajstić information content (AvgIpc) is 2.35. The van der Waals surface area contributed by atoms with E-state index in [1.807, 2.05) is 25.1 Å². The summed E-state index contributed by atoms with van der Waals surface area (Å²) in [7, 11) is 0. The van der Waals surface area contributed by atoms with E-state index in [2.05, 4.69) is 13.5 Å². The molecule has 0 aliphatic heterocycles. The first-order valence-corrected chi connectivity index (χ1v) is 6.88. The number of halogens is 1. The standard InChI is InChI=1S/C15H22ClNO2/c1-4-7-18-14-6-5-13(8-12(3)17)15(9-14)19-10-11(2)16/h5-6,9,12H,2,4,7-8,10,17H2,1,3H3. The van der Waals surface area contributed by atoms with Crippen LogP contribution < -0.4 is 15.2 Å². The first kappa shape index (κ1) is 15.9. The van der Waals surface area contributed by atoms with Crippen LogP contribution in [0, 0.1) is 0 Å². The Balaban J connectivity index is 2.86. The van der Waals surface area contributed by atoms with Gasteiger partial charge in [-0.2, -0.15) is 0 Å². The van der Waals surface area contributed by atoms with Gasteiger partial charge in [0.25, 0.3) is 0 Å². The normalized spacial score (nSPS) is 12.0. The number of hydrogen-bond acceptors (Lipinski definition) is 3. The van der Waals surface area contributed by atoms with Crippen LogP contribution in [0.25, 0.3) is 0 Å². The van der Waals surface area contributed by atoms with Gasteiger partial charge < -0.3 is 15.2 Å². The van der Waals surface area contributed by atoms with Gasteiger partial charge in [-0.3, -0.25) is 0 Å². The predicted octanol–water partition coefficient (Wildman–Crippen LogP) is 3.50. The van der Waals surface area contributed by atoms with Gasteiger partial charge in [0.2, 0.25) is 0 Å². The fourth-order valence-electron chi connectivity index (χ4n) is 1.65. The highest BCUT2D eigenvalue weighted by atomic mass is 35.5. The lowest BCUT2D eigenvalue weighted by Crippen LogP contribution is -2.18. The van der Waals surface area contributed by atoms with Gasteiger partial charge in [0.15, 0.2) is 0 Å². The summed E-state index contributed by atoms with van der Waals surface area (Å²) in [5.41, 5.74) is 6.89. The molecule has 1 unspecified atom stereocenters. The van der Waals surface area contributed by atoms with Gasteiger partial charge in [0.05, 0.1) is 6.61 Å². The lowest BCUT2D eigenvalue weighted by molar-refractivity contribution is 0.310. The highest BCUT2D eigenvalue weighted by Gasteiger charge is 2.08. The number of ether oxygens (including phenoxy) is 2. The van der Waals surface area contributed by atoms with Crippen LogP contribution in [-0.4, -0.2) is 19.3 Å². The summed E-state index contributed by atoms with van der Waals surface area (Å²) >= 11 is 5.73. The summed E-state index contributed by atoms with van der Waals surface area (Å²) in [6.45, 7) is 8.62. The first-order chi connectivity index (χ1) is 9.02. The predicted molar refractivity (Wildman–Crippen MR) is 80.1 cm³/mol. The van der Waals surface area contributed by atoms with Gasteiger partial charge in [-0.05, 0) is 31.4 Å². The summed E-state index contributed by atoms with van der Waals surface area (Å²) in [6.07, 6.45) is 1.72. The van der Waals surface area contributed by atoms with E-state index in [0.717, 1.165) is 29.9 Å². The fraction of sp³-hybridized carbons (Fsp3) is 0.467. The van der Waals surface area contributed by atoms with E-state index in [0.29, 0.717) is 11.6 Å². The maximum atomic E-state index is 5.84. The van der Waals surface area contributed by atoms with E-state index in [1.54, 1.807) is 0 Å². The molecule has 0 aliphatic rings. The zero-order chi connectivity index (χ0) is 14.3. The molecular formula is C15H22ClNO2. The largest absolute Gasteiger partial charge is 0.493 e. The van der Waals surface area contributed by atoms with E-state index in [1.165, 1.54) is 0 Å². The van der Waals surface area contributed by atoms with Gasteiger partial charge in [0.1, 0.15) is 18.1 Å². The molecule has 106 valence electrons. The molecule has 0 radical (unpaired) electrons. The molecule has 0 saturated heterocycles. The molecule has 0 aliphatic carbocycles. The van der Waals surface area contributed by atoms with Crippen LogP contribution in [0.3, 0.4) is 0 Å². The summed E-state index contributed by atoms with van der Waals surface area (Å²) in [6, 6.07) is 5.88. The quantitative estimate of drug-likeness (QED) is 0.794. The Bertz CT molecular complexity index is 419. The summed E-state index contributed by atoms with van der Waals surface area (Å²) in [5, 5.41) is 0.464. The zero-order valence-electron chi connectivity index (χ0n) is 11.6. The Kier molecular flexibility index (Phi) is 6.74. The van der Waals surface area contributed by atoms with Crippen molar-refractivity contribution < 1.29 is 9.47 Å². The third-order valence-electron chi connectivity index (χ3n) is 2.44. The maximum Gasteiger partial charge on any atom is 0.126 e. The Labute approximate surface area is 120 Å². The number of nitrogens with two attached hydrogens (primary N) is 1. The van der Waals surface area contributed by atoms with Crippen molar-refractivity contribution in [2.45, 2.75) is 32.7 Å². The Hall–Kier alpha value is -1.19. The molecule has 1 rings (SSSR count). The second-order valence-corrected chi connectivity index (χ2v) is 5.14. The van der Waals surface area contributed by atoms with Crippen molar-refractivity contribution in [2.75, 3.05) is 13.2 Å². The monoisotopic (exact) mass is 283 g/mol. The van der Waals surface area contributed by atoms with Crippen molar-refractivity contribution in [1.29, 1.82) is 0 Å². The van der Waals surface area contributed by atoms with Crippen LogP contribution in [0.5, 0.6) is 11.5 Å². The molecule has 1 aromatic rings. The molecule has 0 bridgehead atoms. The molecule has 0 amide bonds. The molecular weight excluding hydrogens is 262 g/mol. The molecule has 1 aromatic carbocycles. The first-order valence-electron chi connectivity index (χ1n) is 6.50. The van der Waals surface area contributed by atoms with E-state index >= 15 is 0 Å². The molecule has 0 aromatic heterocycles. The number of hydrogen-bond donors (Lipinski definition) is 1. The van der Waals surface area contributed by atoms with Crippen molar-refractivity contribution in [2.24, 2.45) is 5.73 Å². The second kappa shape index (κ2) is 8.08. The number of benzene rings is 1. The van der Waals surface area contributed by atoms with Gasteiger partial charge in [-0.1, -0.05) is 31.2 Å². The van der Waals surface area contributed by atoms with Gasteiger partial charge in [-0.25, -0.2) is 0 Å². The van der Waals surface area contributed by atoms with Crippen molar-refractivity contribution >= 4 is 11.6 Å². The Morgan fingerprint density at radius 3 is 2.74 bits per heavy atom. The lowest BCUT2D eigenvalue weighted by Gasteiger charge is -2.14. The van der Waals surface area contributed by atoms with Crippen LogP contribution in [0.15, 0.2) is 29.8 Å². The lowest BCUT2D eigenvalue weighted by atomic mass is 10.1. The second-order valence-electron chi connectivity index (χ2n) is 4.61. The van der Waals surface area contributed by atoms with Crippen molar-refractivity contribution in [3.05, 3.63) is 35.4 Å². The SMILES string of the molecule is C=C(Cl)COc1cc(OCCC)ccc1CC(C)N. The van der Waals surface area contributed by atoms with Gasteiger partial charge in [-0.15, -0.1) is 0 Å². The van der Waals surface area contributed by atoms with Crippen molar-refractivity contribution in [3.8, 4) is 11.5 Å². The maximum absolute atomic E-state index is 5.84. The van der Waals surface area contributed by atoms with Crippen LogP contribution in [0.1, 0.15) is 25.8 Å². The van der Waals surface area contributed by atoms with Crippen molar-refractivity contribution in [1.82, 2.24) is 0 Å². The van der Waals surface area contributed by atoms with Crippen LogP contribution in [0.2, 0.25) is 0 Å². The van der Waals surface area contributed by atoms with Crippen molar-refractivity contribution in [3.63, 3.8) is 0 Å². The van der Waals surface area contributed by atoms with E-state index in [4.69, 9.17) is 26.8 Å². The average molecular weight is 284 g/mol. The summed E-state index contributed by atoms with van der Waals surface area (Å²) < 4.78 is 11.2. The molecule has 3 nitrogen and oxygen atoms in total. The molecule has 2 N–H and O–H groups in total. The molecule has 0 saturated carbocycles. The van der Waals surface area contributed by atoms with Gasteiger partial charge >= 0.3 is 0 Å². The van der Waals surface area contributed by atoms with Crippen LogP contribution in [0.4, 0.5) is 0 Å². The Morgan fingerprint density at radius 1 is 1.42 bits per heavy atom. The fourth-order valence-corrected chi connectivity index (χ4v) is 1.71. The molecule has 0 heterocycles. The molecule has 0 spiro atoms. The zero-order valence-corrected chi connectivity index (χ0v) is 12.4. The third-order valence-corrected chi connectivity index (χ3v) is 2.55. The third kappa shape index (κ3) is 5.99. The van der Waals surface area contributed by atoms with E-state index in [-0.39, 0.29) is 12.6 Å². The molecule has 4 heteroatoms. The van der Waals surface area contributed by atoms with E-state index < -0.39 is 0 Å². The van der Waals surface area contributed by atoms with E-state index in [9.17, 15) is 0 Å². The summed E-state index contributed by atoms with van der Waals surface area (Å²) in [5.74, 6) is 1.55. The van der Waals surface area contributed by atoms with Gasteiger partial charge in [0, 0.05) is 17.1 Å². The van der Waals surface area contributed by atoms with Crippen LogP contribution in [-0.2, 0) is 6.42 Å². The minimum Gasteiger partial charge on any atom is -0.493 e. The van der Waals surface area contributed by atoms with Crippen LogP contribution >= 0.6 is 11.6 Å². The minimum atomic E-state index is 0.0731. The smallest absolute Gasteiger partial charge is 0.126 e. The highest BCUT2D eigenvalue weighted by molar-refractivity contribution is 6.29. The molecule has 19 heavy (non-hydrogen) atoms. The molecule has 0 fully saturated rings.